The number of hydrogen-bond acceptors (Lipinski definition) is 3. The van der Waals surface area contributed by atoms with Crippen molar-refractivity contribution in [3.8, 4) is 0 Å². The minimum atomic E-state index is -1.07. The highest BCUT2D eigenvalue weighted by atomic mass is 19.1. The van der Waals surface area contributed by atoms with Crippen LogP contribution in [0.2, 0.25) is 0 Å². The van der Waals surface area contributed by atoms with Crippen molar-refractivity contribution >= 4 is 23.2 Å². The molecule has 0 bridgehead atoms. The molecule has 0 fully saturated rings. The van der Waals surface area contributed by atoms with E-state index in [9.17, 15) is 22.8 Å². The van der Waals surface area contributed by atoms with E-state index >= 15 is 0 Å². The number of rotatable bonds is 4. The summed E-state index contributed by atoms with van der Waals surface area (Å²) >= 11 is 0. The number of hydrogen-bond donors (Lipinski definition) is 2. The van der Waals surface area contributed by atoms with E-state index in [4.69, 9.17) is 0 Å². The highest BCUT2D eigenvalue weighted by molar-refractivity contribution is 6.09. The predicted molar refractivity (Wildman–Crippen MR) is 92.9 cm³/mol. The summed E-state index contributed by atoms with van der Waals surface area (Å²) in [6.45, 7) is 0. The minimum Gasteiger partial charge on any atom is -0.320 e. The van der Waals surface area contributed by atoms with E-state index in [1.54, 1.807) is 12.1 Å². The Morgan fingerprint density at radius 1 is 0.778 bits per heavy atom. The molecule has 3 rings (SSSR count). The van der Waals surface area contributed by atoms with Crippen LogP contribution in [0, 0.1) is 17.5 Å². The van der Waals surface area contributed by atoms with Crippen molar-refractivity contribution in [3.05, 3.63) is 89.5 Å². The molecule has 0 aliphatic carbocycles. The number of halogens is 3. The number of nitrogens with one attached hydrogen (secondary N) is 2. The van der Waals surface area contributed by atoms with Gasteiger partial charge >= 0.3 is 0 Å². The summed E-state index contributed by atoms with van der Waals surface area (Å²) in [4.78, 5) is 28.4. The first-order chi connectivity index (χ1) is 12.9. The Morgan fingerprint density at radius 3 is 2.19 bits per heavy atom. The van der Waals surface area contributed by atoms with Gasteiger partial charge in [-0.1, -0.05) is 6.07 Å². The molecule has 0 aliphatic heterocycles. The summed E-state index contributed by atoms with van der Waals surface area (Å²) in [6.07, 6.45) is 1.43. The van der Waals surface area contributed by atoms with Crippen molar-refractivity contribution < 1.29 is 22.8 Å². The van der Waals surface area contributed by atoms with E-state index in [0.29, 0.717) is 6.07 Å². The molecule has 0 saturated carbocycles. The number of amides is 2. The summed E-state index contributed by atoms with van der Waals surface area (Å²) in [5.41, 5.74) is -0.317. The third-order valence-electron chi connectivity index (χ3n) is 3.55. The van der Waals surface area contributed by atoms with Crippen LogP contribution in [0.1, 0.15) is 20.8 Å². The summed E-state index contributed by atoms with van der Waals surface area (Å²) in [5.74, 6) is -4.08. The van der Waals surface area contributed by atoms with Crippen molar-refractivity contribution in [2.45, 2.75) is 0 Å². The van der Waals surface area contributed by atoms with Gasteiger partial charge in [0, 0.05) is 12.3 Å². The molecule has 1 aromatic heterocycles. The largest absolute Gasteiger partial charge is 0.320 e. The third kappa shape index (κ3) is 4.30. The molecule has 136 valence electrons. The maximum absolute atomic E-state index is 13.8. The van der Waals surface area contributed by atoms with Crippen molar-refractivity contribution in [1.82, 2.24) is 4.98 Å². The monoisotopic (exact) mass is 371 g/mol. The van der Waals surface area contributed by atoms with Gasteiger partial charge in [0.05, 0.1) is 16.9 Å². The number of anilines is 2. The maximum atomic E-state index is 13.8. The van der Waals surface area contributed by atoms with Gasteiger partial charge in [-0.2, -0.15) is 0 Å². The van der Waals surface area contributed by atoms with Crippen LogP contribution in [0.15, 0.2) is 60.8 Å². The summed E-state index contributed by atoms with van der Waals surface area (Å²) in [6, 6.07) is 10.5. The molecule has 3 aromatic rings. The van der Waals surface area contributed by atoms with Crippen molar-refractivity contribution in [3.63, 3.8) is 0 Å². The zero-order valence-electron chi connectivity index (χ0n) is 13.7. The average molecular weight is 371 g/mol. The number of pyridine rings is 1. The Bertz CT molecular complexity index is 1010. The number of carbonyl (C=O) groups excluding carboxylic acids is 2. The molecule has 1 heterocycles. The zero-order chi connectivity index (χ0) is 19.4. The summed E-state index contributed by atoms with van der Waals surface area (Å²) < 4.78 is 40.3. The lowest BCUT2D eigenvalue weighted by Gasteiger charge is -2.13. The Labute approximate surface area is 151 Å². The van der Waals surface area contributed by atoms with Gasteiger partial charge in [-0.25, -0.2) is 13.2 Å². The molecule has 5 nitrogen and oxygen atoms in total. The van der Waals surface area contributed by atoms with Crippen LogP contribution in [0.5, 0.6) is 0 Å². The van der Waals surface area contributed by atoms with Crippen LogP contribution in [0.3, 0.4) is 0 Å². The fourth-order valence-corrected chi connectivity index (χ4v) is 2.28. The first kappa shape index (κ1) is 18.1. The lowest BCUT2D eigenvalue weighted by Crippen LogP contribution is -2.18. The lowest BCUT2D eigenvalue weighted by molar-refractivity contribution is 0.101. The van der Waals surface area contributed by atoms with E-state index in [-0.39, 0.29) is 17.1 Å². The van der Waals surface area contributed by atoms with Crippen LogP contribution in [0.25, 0.3) is 0 Å². The first-order valence-corrected chi connectivity index (χ1v) is 7.72. The van der Waals surface area contributed by atoms with Gasteiger partial charge in [0.15, 0.2) is 0 Å². The molecule has 0 atom stereocenters. The predicted octanol–water partition coefficient (Wildman–Crippen LogP) is 4.00. The van der Waals surface area contributed by atoms with E-state index in [1.807, 2.05) is 0 Å². The molecule has 8 heteroatoms. The molecule has 27 heavy (non-hydrogen) atoms. The quantitative estimate of drug-likeness (QED) is 0.728. The Hall–Kier alpha value is -3.68. The van der Waals surface area contributed by atoms with E-state index < -0.39 is 34.8 Å². The van der Waals surface area contributed by atoms with Gasteiger partial charge in [-0.3, -0.25) is 14.6 Å². The van der Waals surface area contributed by atoms with Gasteiger partial charge in [-0.05, 0) is 42.5 Å². The highest BCUT2D eigenvalue weighted by Crippen LogP contribution is 2.24. The molecule has 0 aliphatic rings. The molecule has 0 saturated heterocycles. The number of aromatic nitrogens is 1. The van der Waals surface area contributed by atoms with Crippen LogP contribution < -0.4 is 10.6 Å². The fraction of sp³-hybridized carbons (Fsp3) is 0. The van der Waals surface area contributed by atoms with E-state index in [1.165, 1.54) is 18.3 Å². The maximum Gasteiger partial charge on any atom is 0.274 e. The molecule has 0 spiro atoms. The van der Waals surface area contributed by atoms with Crippen LogP contribution in [-0.4, -0.2) is 16.8 Å². The SMILES string of the molecule is O=C(Nc1ccc(F)cc1NC(=O)c1ccc(F)cc1F)c1ccccn1. The molecule has 0 unspecified atom stereocenters. The smallest absolute Gasteiger partial charge is 0.274 e. The standard InChI is InChI=1S/C19H12F3N3O2/c20-11-4-6-13(14(22)9-11)18(26)25-17-10-12(21)5-7-15(17)24-19(27)16-3-1-2-8-23-16/h1-10H,(H,24,27)(H,25,26). The van der Waals surface area contributed by atoms with Crippen molar-refractivity contribution in [1.29, 1.82) is 0 Å². The average Bonchev–Trinajstić information content (AvgIpc) is 2.64. The topological polar surface area (TPSA) is 71.1 Å². The molecular formula is C19H12F3N3O2. The lowest BCUT2D eigenvalue weighted by atomic mass is 10.1. The second kappa shape index (κ2) is 7.69. The van der Waals surface area contributed by atoms with Gasteiger partial charge < -0.3 is 10.6 Å². The van der Waals surface area contributed by atoms with Gasteiger partial charge in [-0.15, -0.1) is 0 Å². The van der Waals surface area contributed by atoms with Crippen molar-refractivity contribution in [2.24, 2.45) is 0 Å². The molecule has 2 aromatic carbocycles. The molecule has 0 radical (unpaired) electrons. The normalized spacial score (nSPS) is 10.3. The fourth-order valence-electron chi connectivity index (χ4n) is 2.28. The van der Waals surface area contributed by atoms with Crippen molar-refractivity contribution in [2.75, 3.05) is 10.6 Å². The minimum absolute atomic E-state index is 0.0860. The van der Waals surface area contributed by atoms with Gasteiger partial charge in [0.25, 0.3) is 11.8 Å². The van der Waals surface area contributed by atoms with Gasteiger partial charge in [0.1, 0.15) is 23.1 Å². The highest BCUT2D eigenvalue weighted by Gasteiger charge is 2.16. The van der Waals surface area contributed by atoms with E-state index in [0.717, 1.165) is 24.3 Å². The van der Waals surface area contributed by atoms with Gasteiger partial charge in [0.2, 0.25) is 0 Å². The van der Waals surface area contributed by atoms with Crippen LogP contribution >= 0.6 is 0 Å². The van der Waals surface area contributed by atoms with Crippen LogP contribution in [-0.2, 0) is 0 Å². The number of benzene rings is 2. The molecule has 2 N–H and O–H groups in total. The van der Waals surface area contributed by atoms with E-state index in [2.05, 4.69) is 15.6 Å². The molecule has 2 amide bonds. The van der Waals surface area contributed by atoms with Crippen LogP contribution in [0.4, 0.5) is 24.5 Å². The Morgan fingerprint density at radius 2 is 1.48 bits per heavy atom. The second-order valence-corrected chi connectivity index (χ2v) is 5.44. The second-order valence-electron chi connectivity index (χ2n) is 5.44. The number of nitrogens with zero attached hydrogens (tertiary/aromatic N) is 1. The first-order valence-electron chi connectivity index (χ1n) is 7.72. The third-order valence-corrected chi connectivity index (χ3v) is 3.55. The zero-order valence-corrected chi connectivity index (χ0v) is 13.7. The summed E-state index contributed by atoms with van der Waals surface area (Å²) in [5, 5.41) is 4.81. The Balaban J connectivity index is 1.86. The summed E-state index contributed by atoms with van der Waals surface area (Å²) in [7, 11) is 0. The Kier molecular flexibility index (Phi) is 5.16. The molecular weight excluding hydrogens is 359 g/mol. The number of carbonyl (C=O) groups is 2.